The maximum Gasteiger partial charge on any atom is 0.303 e. The first-order chi connectivity index (χ1) is 14.0. The predicted molar refractivity (Wildman–Crippen MR) is 99.7 cm³/mol. The fraction of sp³-hybridized carbons (Fsp3) is 0.500. The second kappa shape index (κ2) is 9.72. The Labute approximate surface area is 176 Å². The summed E-state index contributed by atoms with van der Waals surface area (Å²) in [5, 5.41) is 10.8. The summed E-state index contributed by atoms with van der Waals surface area (Å²) in [6, 6.07) is 3.49. The molecule has 11 nitrogen and oxygen atoms in total. The molecule has 1 saturated heterocycles. The summed E-state index contributed by atoms with van der Waals surface area (Å²) in [5.74, 6) is -2.10. The highest BCUT2D eigenvalue weighted by molar-refractivity contribution is 6.32. The Kier molecular flexibility index (Phi) is 7.57. The largest absolute Gasteiger partial charge is 0.459 e. The van der Waals surface area contributed by atoms with Gasteiger partial charge >= 0.3 is 17.9 Å². The number of non-ortho nitro benzene ring substituents is 1. The average molecular weight is 446 g/mol. The number of hydrogen-bond acceptors (Lipinski definition) is 10. The van der Waals surface area contributed by atoms with E-state index < -0.39 is 53.5 Å². The molecule has 12 heteroatoms. The zero-order valence-electron chi connectivity index (χ0n) is 16.5. The Morgan fingerprint density at radius 3 is 2.03 bits per heavy atom. The molecule has 0 saturated carbocycles. The van der Waals surface area contributed by atoms with Crippen LogP contribution in [0.15, 0.2) is 18.2 Å². The molecule has 0 aliphatic carbocycles. The van der Waals surface area contributed by atoms with E-state index in [2.05, 4.69) is 0 Å². The van der Waals surface area contributed by atoms with Crippen LogP contribution in [0.5, 0.6) is 5.75 Å². The topological polar surface area (TPSA) is 141 Å². The summed E-state index contributed by atoms with van der Waals surface area (Å²) in [6.45, 7) is 4.97. The molecule has 5 unspecified atom stereocenters. The minimum absolute atomic E-state index is 0.00382. The normalized spacial score (nSPS) is 25.7. The number of nitrogens with zero attached hydrogens (tertiary/aromatic N) is 1. The molecule has 30 heavy (non-hydrogen) atoms. The number of benzene rings is 1. The molecule has 1 aliphatic rings. The van der Waals surface area contributed by atoms with Crippen LogP contribution in [0, 0.1) is 10.1 Å². The van der Waals surface area contributed by atoms with E-state index in [0.717, 1.165) is 26.8 Å². The van der Waals surface area contributed by atoms with Crippen LogP contribution in [0.2, 0.25) is 5.02 Å². The fourth-order valence-electron chi connectivity index (χ4n) is 2.89. The van der Waals surface area contributed by atoms with Gasteiger partial charge in [0.05, 0.1) is 16.0 Å². The number of nitro groups is 1. The van der Waals surface area contributed by atoms with Gasteiger partial charge in [0.15, 0.2) is 12.2 Å². The molecule has 1 aromatic rings. The maximum absolute atomic E-state index is 11.7. The number of halogens is 1. The van der Waals surface area contributed by atoms with Crippen molar-refractivity contribution in [2.75, 3.05) is 0 Å². The quantitative estimate of drug-likeness (QED) is 0.277. The Bertz CT molecular complexity index is 844. The van der Waals surface area contributed by atoms with Crippen molar-refractivity contribution in [3.63, 3.8) is 0 Å². The van der Waals surface area contributed by atoms with E-state index in [1.165, 1.54) is 12.1 Å². The number of hydrogen-bond donors (Lipinski definition) is 0. The molecule has 2 rings (SSSR count). The third-order valence-corrected chi connectivity index (χ3v) is 4.30. The van der Waals surface area contributed by atoms with Gasteiger partial charge in [-0.15, -0.1) is 0 Å². The first-order valence-corrected chi connectivity index (χ1v) is 9.15. The van der Waals surface area contributed by atoms with E-state index in [1.807, 2.05) is 0 Å². The molecule has 1 aliphatic heterocycles. The van der Waals surface area contributed by atoms with E-state index in [4.69, 9.17) is 35.3 Å². The van der Waals surface area contributed by atoms with Gasteiger partial charge in [0.2, 0.25) is 12.4 Å². The van der Waals surface area contributed by atoms with Crippen LogP contribution in [-0.4, -0.2) is 53.5 Å². The van der Waals surface area contributed by atoms with Gasteiger partial charge in [-0.2, -0.15) is 0 Å². The average Bonchev–Trinajstić information content (AvgIpc) is 2.61. The van der Waals surface area contributed by atoms with Crippen molar-refractivity contribution >= 4 is 35.2 Å². The number of carbonyl (C=O) groups is 3. The fourth-order valence-corrected chi connectivity index (χ4v) is 3.11. The first-order valence-electron chi connectivity index (χ1n) is 8.77. The number of rotatable bonds is 6. The van der Waals surface area contributed by atoms with Crippen molar-refractivity contribution in [1.29, 1.82) is 0 Å². The molecule has 0 amide bonds. The van der Waals surface area contributed by atoms with Crippen molar-refractivity contribution in [1.82, 2.24) is 0 Å². The lowest BCUT2D eigenvalue weighted by atomic mass is 9.99. The highest BCUT2D eigenvalue weighted by Crippen LogP contribution is 2.34. The van der Waals surface area contributed by atoms with E-state index in [1.54, 1.807) is 6.92 Å². The van der Waals surface area contributed by atoms with Gasteiger partial charge < -0.3 is 23.7 Å². The van der Waals surface area contributed by atoms with Crippen LogP contribution in [0.1, 0.15) is 27.7 Å². The van der Waals surface area contributed by atoms with E-state index in [-0.39, 0.29) is 16.5 Å². The summed E-state index contributed by atoms with van der Waals surface area (Å²) in [5.41, 5.74) is -0.255. The van der Waals surface area contributed by atoms with Crippen molar-refractivity contribution in [3.05, 3.63) is 33.3 Å². The zero-order chi connectivity index (χ0) is 22.6. The smallest absolute Gasteiger partial charge is 0.303 e. The van der Waals surface area contributed by atoms with Crippen LogP contribution < -0.4 is 4.74 Å². The van der Waals surface area contributed by atoms with Gasteiger partial charge in [-0.3, -0.25) is 24.5 Å². The molecule has 1 aromatic carbocycles. The first kappa shape index (κ1) is 23.4. The van der Waals surface area contributed by atoms with Gasteiger partial charge in [-0.1, -0.05) is 11.6 Å². The Hall–Kier alpha value is -2.92. The van der Waals surface area contributed by atoms with Gasteiger partial charge in [0.25, 0.3) is 5.69 Å². The summed E-state index contributed by atoms with van der Waals surface area (Å²) in [7, 11) is 0. The van der Waals surface area contributed by atoms with Crippen LogP contribution in [0.25, 0.3) is 0 Å². The van der Waals surface area contributed by atoms with Crippen LogP contribution in [0.4, 0.5) is 5.69 Å². The highest BCUT2D eigenvalue weighted by atomic mass is 35.5. The molecule has 0 aromatic heterocycles. The monoisotopic (exact) mass is 445 g/mol. The minimum atomic E-state index is -1.32. The maximum atomic E-state index is 11.7. The number of ether oxygens (including phenoxy) is 5. The number of carbonyl (C=O) groups excluding carboxylic acids is 3. The Balaban J connectivity index is 2.39. The van der Waals surface area contributed by atoms with Gasteiger partial charge in [0, 0.05) is 32.9 Å². The van der Waals surface area contributed by atoms with Crippen LogP contribution >= 0.6 is 11.6 Å². The van der Waals surface area contributed by atoms with E-state index in [0.29, 0.717) is 0 Å². The second-order valence-electron chi connectivity index (χ2n) is 6.42. The molecular formula is C18H20ClNO10. The number of esters is 3. The molecule has 0 N–H and O–H groups in total. The molecule has 1 heterocycles. The van der Waals surface area contributed by atoms with Crippen molar-refractivity contribution < 1.29 is 43.0 Å². The van der Waals surface area contributed by atoms with Gasteiger partial charge in [-0.25, -0.2) is 0 Å². The zero-order valence-corrected chi connectivity index (χ0v) is 17.3. The second-order valence-corrected chi connectivity index (χ2v) is 6.83. The lowest BCUT2D eigenvalue weighted by molar-refractivity contribution is -0.384. The standard InChI is InChI=1S/C18H20ClNO10/c1-8-15(27-9(2)21)16(28-10(3)22)17(29-11(4)23)18(26-8)30-14-6-5-12(20(24)25)7-13(14)19/h5-8,15-18H,1-4H3. The Morgan fingerprint density at radius 1 is 1.00 bits per heavy atom. The Morgan fingerprint density at radius 2 is 1.53 bits per heavy atom. The lowest BCUT2D eigenvalue weighted by Gasteiger charge is -2.43. The molecule has 0 radical (unpaired) electrons. The van der Waals surface area contributed by atoms with Crippen LogP contribution in [-0.2, 0) is 33.3 Å². The van der Waals surface area contributed by atoms with Gasteiger partial charge in [0.1, 0.15) is 5.75 Å². The lowest BCUT2D eigenvalue weighted by Crippen LogP contribution is -2.62. The van der Waals surface area contributed by atoms with Crippen molar-refractivity contribution in [3.8, 4) is 5.75 Å². The molecular weight excluding hydrogens is 426 g/mol. The van der Waals surface area contributed by atoms with E-state index >= 15 is 0 Å². The summed E-state index contributed by atoms with van der Waals surface area (Å²) < 4.78 is 27.1. The molecule has 1 fully saturated rings. The summed E-state index contributed by atoms with van der Waals surface area (Å²) >= 11 is 6.05. The third-order valence-electron chi connectivity index (χ3n) is 4.00. The SMILES string of the molecule is CC(=O)OC1C(C)OC(Oc2ccc([N+](=O)[O-])cc2Cl)C(OC(C)=O)C1OC(C)=O. The summed E-state index contributed by atoms with van der Waals surface area (Å²) in [6.07, 6.45) is -5.78. The molecule has 164 valence electrons. The summed E-state index contributed by atoms with van der Waals surface area (Å²) in [4.78, 5) is 45.0. The van der Waals surface area contributed by atoms with Gasteiger partial charge in [-0.05, 0) is 13.0 Å². The molecule has 5 atom stereocenters. The van der Waals surface area contributed by atoms with Crippen molar-refractivity contribution in [2.24, 2.45) is 0 Å². The van der Waals surface area contributed by atoms with Crippen molar-refractivity contribution in [2.45, 2.75) is 58.4 Å². The predicted octanol–water partition coefficient (Wildman–Crippen LogP) is 2.17. The van der Waals surface area contributed by atoms with E-state index in [9.17, 15) is 24.5 Å². The molecule has 0 spiro atoms. The highest BCUT2D eigenvalue weighted by Gasteiger charge is 2.51. The minimum Gasteiger partial charge on any atom is -0.459 e. The molecule has 0 bridgehead atoms. The van der Waals surface area contributed by atoms with Crippen LogP contribution in [0.3, 0.4) is 0 Å². The third kappa shape index (κ3) is 5.80. The number of nitro benzene ring substituents is 1.